The SMILES string of the molecule is Cn1ccc(=O)c(OC2CCNCC2)c1. The normalized spacial score (nSPS) is 17.7. The molecule has 0 spiro atoms. The average Bonchev–Trinajstić information content (AvgIpc) is 2.25. The highest BCUT2D eigenvalue weighted by molar-refractivity contribution is 5.17. The van der Waals surface area contributed by atoms with Crippen LogP contribution in [0, 0.1) is 0 Å². The molecule has 0 atom stereocenters. The lowest BCUT2D eigenvalue weighted by molar-refractivity contribution is 0.160. The third kappa shape index (κ3) is 2.59. The molecule has 1 aromatic rings. The minimum Gasteiger partial charge on any atom is -0.485 e. The van der Waals surface area contributed by atoms with Crippen LogP contribution in [0.1, 0.15) is 12.8 Å². The van der Waals surface area contributed by atoms with E-state index in [2.05, 4.69) is 5.32 Å². The standard InChI is InChI=1S/C11H16N2O2/c1-13-7-4-10(14)11(8-13)15-9-2-5-12-6-3-9/h4,7-9,12H,2-3,5-6H2,1H3. The van der Waals surface area contributed by atoms with E-state index in [0.29, 0.717) is 5.75 Å². The Balaban J connectivity index is 2.09. The summed E-state index contributed by atoms with van der Waals surface area (Å²) in [6, 6.07) is 1.54. The van der Waals surface area contributed by atoms with E-state index in [0.717, 1.165) is 25.9 Å². The first-order valence-electron chi connectivity index (χ1n) is 5.29. The molecule has 2 rings (SSSR count). The van der Waals surface area contributed by atoms with Crippen molar-refractivity contribution in [3.63, 3.8) is 0 Å². The summed E-state index contributed by atoms with van der Waals surface area (Å²) in [6.45, 7) is 1.94. The van der Waals surface area contributed by atoms with Crippen LogP contribution in [0.25, 0.3) is 0 Å². The largest absolute Gasteiger partial charge is 0.485 e. The third-order valence-corrected chi connectivity index (χ3v) is 2.60. The van der Waals surface area contributed by atoms with Gasteiger partial charge in [-0.2, -0.15) is 0 Å². The highest BCUT2D eigenvalue weighted by Crippen LogP contribution is 2.11. The van der Waals surface area contributed by atoms with Crippen LogP contribution in [0.3, 0.4) is 0 Å². The van der Waals surface area contributed by atoms with E-state index in [-0.39, 0.29) is 11.5 Å². The molecule has 0 aliphatic carbocycles. The van der Waals surface area contributed by atoms with Gasteiger partial charge in [0.05, 0.1) is 0 Å². The van der Waals surface area contributed by atoms with Gasteiger partial charge in [0.25, 0.3) is 0 Å². The monoisotopic (exact) mass is 208 g/mol. The number of hydrogen-bond acceptors (Lipinski definition) is 3. The zero-order valence-electron chi connectivity index (χ0n) is 8.90. The number of hydrogen-bond donors (Lipinski definition) is 1. The maximum atomic E-state index is 11.5. The van der Waals surface area contributed by atoms with Gasteiger partial charge in [0.15, 0.2) is 5.75 Å². The van der Waals surface area contributed by atoms with E-state index < -0.39 is 0 Å². The molecule has 0 amide bonds. The van der Waals surface area contributed by atoms with E-state index >= 15 is 0 Å². The van der Waals surface area contributed by atoms with Crippen molar-refractivity contribution in [2.75, 3.05) is 13.1 Å². The second-order valence-electron chi connectivity index (χ2n) is 3.91. The molecule has 1 aliphatic rings. The molecule has 0 unspecified atom stereocenters. The molecule has 0 bridgehead atoms. The van der Waals surface area contributed by atoms with Crippen LogP contribution in [-0.2, 0) is 7.05 Å². The lowest BCUT2D eigenvalue weighted by atomic mass is 10.1. The van der Waals surface area contributed by atoms with Gasteiger partial charge in [-0.05, 0) is 25.9 Å². The molecule has 4 heteroatoms. The average molecular weight is 208 g/mol. The lowest BCUT2D eigenvalue weighted by Gasteiger charge is -2.23. The molecule has 82 valence electrons. The number of rotatable bonds is 2. The Labute approximate surface area is 88.9 Å². The molecule has 0 aromatic carbocycles. The number of aryl methyl sites for hydroxylation is 1. The molecule has 1 aromatic heterocycles. The predicted octanol–water partition coefficient (Wildman–Crippen LogP) is 0.516. The quantitative estimate of drug-likeness (QED) is 0.770. The summed E-state index contributed by atoms with van der Waals surface area (Å²) in [5.74, 6) is 0.465. The summed E-state index contributed by atoms with van der Waals surface area (Å²) in [6.07, 6.45) is 5.60. The van der Waals surface area contributed by atoms with Crippen molar-refractivity contribution in [1.82, 2.24) is 9.88 Å². The maximum absolute atomic E-state index is 11.5. The molecule has 1 N–H and O–H groups in total. The first-order chi connectivity index (χ1) is 7.25. The molecule has 1 saturated heterocycles. The number of nitrogens with zero attached hydrogens (tertiary/aromatic N) is 1. The number of aromatic nitrogens is 1. The van der Waals surface area contributed by atoms with Crippen molar-refractivity contribution in [2.24, 2.45) is 7.05 Å². The zero-order valence-corrected chi connectivity index (χ0v) is 8.90. The van der Waals surface area contributed by atoms with Crippen molar-refractivity contribution in [3.05, 3.63) is 28.7 Å². The minimum atomic E-state index is -0.0355. The van der Waals surface area contributed by atoms with Gasteiger partial charge in [0.1, 0.15) is 6.10 Å². The number of pyridine rings is 1. The van der Waals surface area contributed by atoms with Crippen LogP contribution in [0.2, 0.25) is 0 Å². The van der Waals surface area contributed by atoms with E-state index in [1.807, 2.05) is 11.6 Å². The first-order valence-corrected chi connectivity index (χ1v) is 5.29. The Kier molecular flexibility index (Phi) is 3.06. The second-order valence-corrected chi connectivity index (χ2v) is 3.91. The van der Waals surface area contributed by atoms with Crippen molar-refractivity contribution in [3.8, 4) is 5.75 Å². The molecule has 15 heavy (non-hydrogen) atoms. The summed E-state index contributed by atoms with van der Waals surface area (Å²) in [5.41, 5.74) is -0.0355. The number of nitrogens with one attached hydrogen (secondary N) is 1. The minimum absolute atomic E-state index is 0.0355. The Hall–Kier alpha value is -1.29. The Bertz CT molecular complexity index is 380. The molecule has 1 fully saturated rings. The summed E-state index contributed by atoms with van der Waals surface area (Å²) in [4.78, 5) is 11.5. The fourth-order valence-electron chi connectivity index (χ4n) is 1.74. The van der Waals surface area contributed by atoms with Gasteiger partial charge in [-0.25, -0.2) is 0 Å². The van der Waals surface area contributed by atoms with Gasteiger partial charge in [-0.3, -0.25) is 4.79 Å². The predicted molar refractivity (Wildman–Crippen MR) is 58.2 cm³/mol. The molecule has 0 radical (unpaired) electrons. The maximum Gasteiger partial charge on any atom is 0.223 e. The summed E-state index contributed by atoms with van der Waals surface area (Å²) >= 11 is 0. The van der Waals surface area contributed by atoms with E-state index in [4.69, 9.17) is 4.74 Å². The fourth-order valence-corrected chi connectivity index (χ4v) is 1.74. The molecule has 0 saturated carbocycles. The second kappa shape index (κ2) is 4.49. The van der Waals surface area contributed by atoms with Crippen molar-refractivity contribution in [2.45, 2.75) is 18.9 Å². The highest BCUT2D eigenvalue weighted by Gasteiger charge is 2.15. The smallest absolute Gasteiger partial charge is 0.223 e. The van der Waals surface area contributed by atoms with Crippen molar-refractivity contribution in [1.29, 1.82) is 0 Å². The topological polar surface area (TPSA) is 43.3 Å². The van der Waals surface area contributed by atoms with Crippen LogP contribution in [-0.4, -0.2) is 23.8 Å². The van der Waals surface area contributed by atoms with Gasteiger partial charge < -0.3 is 14.6 Å². The number of ether oxygens (including phenoxy) is 1. The molecule has 1 aliphatic heterocycles. The first kappa shape index (κ1) is 10.2. The van der Waals surface area contributed by atoms with Crippen LogP contribution in [0.4, 0.5) is 0 Å². The van der Waals surface area contributed by atoms with Gasteiger partial charge >= 0.3 is 0 Å². The van der Waals surface area contributed by atoms with Crippen molar-refractivity contribution < 1.29 is 4.74 Å². The summed E-state index contributed by atoms with van der Waals surface area (Å²) < 4.78 is 7.52. The summed E-state index contributed by atoms with van der Waals surface area (Å²) in [5, 5.41) is 3.26. The summed E-state index contributed by atoms with van der Waals surface area (Å²) in [7, 11) is 1.88. The van der Waals surface area contributed by atoms with E-state index in [9.17, 15) is 4.79 Å². The molecular weight excluding hydrogens is 192 g/mol. The lowest BCUT2D eigenvalue weighted by Crippen LogP contribution is -2.35. The molecule has 2 heterocycles. The van der Waals surface area contributed by atoms with E-state index in [1.165, 1.54) is 6.07 Å². The van der Waals surface area contributed by atoms with Gasteiger partial charge in [-0.15, -0.1) is 0 Å². The zero-order chi connectivity index (χ0) is 10.7. The van der Waals surface area contributed by atoms with E-state index in [1.54, 1.807) is 12.4 Å². The van der Waals surface area contributed by atoms with Crippen LogP contribution in [0.5, 0.6) is 5.75 Å². The van der Waals surface area contributed by atoms with Gasteiger partial charge in [0.2, 0.25) is 5.43 Å². The Morgan fingerprint density at radius 1 is 1.47 bits per heavy atom. The highest BCUT2D eigenvalue weighted by atomic mass is 16.5. The number of piperidine rings is 1. The van der Waals surface area contributed by atoms with Crippen molar-refractivity contribution >= 4 is 0 Å². The van der Waals surface area contributed by atoms with Crippen LogP contribution >= 0.6 is 0 Å². The van der Waals surface area contributed by atoms with Crippen LogP contribution < -0.4 is 15.5 Å². The van der Waals surface area contributed by atoms with Gasteiger partial charge in [0, 0.05) is 25.5 Å². The Morgan fingerprint density at radius 2 is 2.20 bits per heavy atom. The van der Waals surface area contributed by atoms with Gasteiger partial charge in [-0.1, -0.05) is 0 Å². The third-order valence-electron chi connectivity index (χ3n) is 2.60. The van der Waals surface area contributed by atoms with Crippen LogP contribution in [0.15, 0.2) is 23.3 Å². The molecular formula is C11H16N2O2. The molecule has 4 nitrogen and oxygen atoms in total. The fraction of sp³-hybridized carbons (Fsp3) is 0.545. The Morgan fingerprint density at radius 3 is 2.93 bits per heavy atom.